The zero-order valence-electron chi connectivity index (χ0n) is 14.7. The highest BCUT2D eigenvalue weighted by atomic mass is 16.2. The highest BCUT2D eigenvalue weighted by Crippen LogP contribution is 2.28. The Kier molecular flexibility index (Phi) is 4.48. The fraction of sp³-hybridized carbons (Fsp3) is 0.300. The monoisotopic (exact) mass is 347 g/mol. The summed E-state index contributed by atoms with van der Waals surface area (Å²) in [6.45, 7) is 3.47. The van der Waals surface area contributed by atoms with Gasteiger partial charge in [0.05, 0.1) is 0 Å². The number of piperidine rings is 1. The number of aromatic nitrogens is 4. The van der Waals surface area contributed by atoms with Crippen LogP contribution in [-0.4, -0.2) is 43.4 Å². The van der Waals surface area contributed by atoms with E-state index in [1.165, 1.54) is 0 Å². The van der Waals surface area contributed by atoms with Crippen LogP contribution in [-0.2, 0) is 0 Å². The molecule has 0 unspecified atom stereocenters. The van der Waals surface area contributed by atoms with Gasteiger partial charge in [-0.25, -0.2) is 9.97 Å². The third-order valence-electron chi connectivity index (χ3n) is 4.96. The van der Waals surface area contributed by atoms with Crippen LogP contribution in [0.4, 0.5) is 0 Å². The van der Waals surface area contributed by atoms with Gasteiger partial charge in [0.25, 0.3) is 5.91 Å². The molecule has 1 aliphatic heterocycles. The van der Waals surface area contributed by atoms with Gasteiger partial charge in [-0.1, -0.05) is 6.07 Å². The van der Waals surface area contributed by atoms with Crippen LogP contribution in [0.5, 0.6) is 0 Å². The molecule has 6 heteroatoms. The van der Waals surface area contributed by atoms with E-state index in [1.54, 1.807) is 30.7 Å². The van der Waals surface area contributed by atoms with Crippen LogP contribution in [0.3, 0.4) is 0 Å². The van der Waals surface area contributed by atoms with Crippen molar-refractivity contribution in [2.45, 2.75) is 25.7 Å². The molecule has 0 aliphatic carbocycles. The molecule has 4 heterocycles. The number of carbonyl (C=O) groups is 1. The number of aryl methyl sites for hydroxylation is 1. The number of imidazole rings is 1. The van der Waals surface area contributed by atoms with Gasteiger partial charge in [0.2, 0.25) is 0 Å². The average molecular weight is 347 g/mol. The van der Waals surface area contributed by atoms with Gasteiger partial charge in [0.15, 0.2) is 0 Å². The standard InChI is InChI=1S/C20H21N5O/c1-15-22-11-14-25(15)19-4-2-3-18(23-19)16-7-12-24(13-8-16)20(26)17-5-9-21-10-6-17/h2-6,9-11,14,16H,7-8,12-13H2,1H3. The van der Waals surface area contributed by atoms with Crippen LogP contribution in [0, 0.1) is 6.92 Å². The first-order valence-corrected chi connectivity index (χ1v) is 8.89. The van der Waals surface area contributed by atoms with E-state index in [1.807, 2.05) is 34.7 Å². The lowest BCUT2D eigenvalue weighted by Crippen LogP contribution is -2.38. The van der Waals surface area contributed by atoms with Crippen LogP contribution in [0.1, 0.15) is 40.6 Å². The first kappa shape index (κ1) is 16.4. The Hall–Kier alpha value is -3.02. The van der Waals surface area contributed by atoms with E-state index in [2.05, 4.69) is 16.0 Å². The lowest BCUT2D eigenvalue weighted by Gasteiger charge is -2.32. The van der Waals surface area contributed by atoms with Crippen molar-refractivity contribution >= 4 is 5.91 Å². The highest BCUT2D eigenvalue weighted by Gasteiger charge is 2.25. The minimum Gasteiger partial charge on any atom is -0.339 e. The topological polar surface area (TPSA) is 63.9 Å². The summed E-state index contributed by atoms with van der Waals surface area (Å²) in [6.07, 6.45) is 8.89. The molecule has 0 saturated carbocycles. The molecule has 1 saturated heterocycles. The number of hydrogen-bond acceptors (Lipinski definition) is 4. The van der Waals surface area contributed by atoms with Crippen LogP contribution in [0.25, 0.3) is 5.82 Å². The van der Waals surface area contributed by atoms with Crippen molar-refractivity contribution < 1.29 is 4.79 Å². The molecule has 132 valence electrons. The third-order valence-corrected chi connectivity index (χ3v) is 4.96. The summed E-state index contributed by atoms with van der Waals surface area (Å²) in [5, 5.41) is 0. The van der Waals surface area contributed by atoms with Gasteiger partial charge in [0, 0.05) is 55.1 Å². The van der Waals surface area contributed by atoms with E-state index in [0.29, 0.717) is 11.5 Å². The van der Waals surface area contributed by atoms with E-state index in [-0.39, 0.29) is 5.91 Å². The summed E-state index contributed by atoms with van der Waals surface area (Å²) in [5.41, 5.74) is 1.79. The summed E-state index contributed by atoms with van der Waals surface area (Å²) in [5.74, 6) is 2.28. The van der Waals surface area contributed by atoms with Crippen molar-refractivity contribution in [3.63, 3.8) is 0 Å². The van der Waals surface area contributed by atoms with Crippen molar-refractivity contribution in [3.05, 3.63) is 72.2 Å². The maximum atomic E-state index is 12.6. The number of nitrogens with zero attached hydrogens (tertiary/aromatic N) is 5. The van der Waals surface area contributed by atoms with Crippen LogP contribution < -0.4 is 0 Å². The number of carbonyl (C=O) groups excluding carboxylic acids is 1. The van der Waals surface area contributed by atoms with E-state index in [4.69, 9.17) is 4.98 Å². The molecule has 0 spiro atoms. The molecule has 1 aliphatic rings. The van der Waals surface area contributed by atoms with E-state index in [9.17, 15) is 4.79 Å². The van der Waals surface area contributed by atoms with Crippen molar-refractivity contribution in [2.75, 3.05) is 13.1 Å². The Labute approximate surface area is 152 Å². The van der Waals surface area contributed by atoms with Crippen molar-refractivity contribution in [3.8, 4) is 5.82 Å². The maximum Gasteiger partial charge on any atom is 0.253 e. The largest absolute Gasteiger partial charge is 0.339 e. The molecule has 3 aromatic heterocycles. The molecule has 0 radical (unpaired) electrons. The SMILES string of the molecule is Cc1nccn1-c1cccc(C2CCN(C(=O)c3ccncc3)CC2)n1. The second-order valence-electron chi connectivity index (χ2n) is 6.57. The van der Waals surface area contributed by atoms with Crippen molar-refractivity contribution in [1.29, 1.82) is 0 Å². The number of likely N-dealkylation sites (tertiary alicyclic amines) is 1. The molecule has 0 bridgehead atoms. The summed E-state index contributed by atoms with van der Waals surface area (Å²) >= 11 is 0. The molecular formula is C20H21N5O. The number of amides is 1. The Bertz CT molecular complexity index is 897. The van der Waals surface area contributed by atoms with Gasteiger partial charge < -0.3 is 4.90 Å². The minimum absolute atomic E-state index is 0.0848. The third kappa shape index (κ3) is 3.22. The van der Waals surface area contributed by atoms with Gasteiger partial charge in [-0.05, 0) is 44.0 Å². The normalized spacial score (nSPS) is 15.2. The van der Waals surface area contributed by atoms with Gasteiger partial charge in [-0.3, -0.25) is 14.3 Å². The predicted octanol–water partition coefficient (Wildman–Crippen LogP) is 2.99. The van der Waals surface area contributed by atoms with Crippen molar-refractivity contribution in [1.82, 2.24) is 24.4 Å². The smallest absolute Gasteiger partial charge is 0.253 e. The molecule has 0 aromatic carbocycles. The lowest BCUT2D eigenvalue weighted by molar-refractivity contribution is 0.0712. The second-order valence-corrected chi connectivity index (χ2v) is 6.57. The molecular weight excluding hydrogens is 326 g/mol. The summed E-state index contributed by atoms with van der Waals surface area (Å²) in [7, 11) is 0. The molecule has 1 amide bonds. The van der Waals surface area contributed by atoms with Crippen LogP contribution in [0.15, 0.2) is 55.1 Å². The summed E-state index contributed by atoms with van der Waals surface area (Å²) in [6, 6.07) is 9.67. The molecule has 1 fully saturated rings. The number of hydrogen-bond donors (Lipinski definition) is 0. The number of rotatable bonds is 3. The Morgan fingerprint density at radius 2 is 1.85 bits per heavy atom. The second kappa shape index (κ2) is 7.07. The molecule has 0 atom stereocenters. The first-order chi connectivity index (χ1) is 12.7. The number of pyridine rings is 2. The van der Waals surface area contributed by atoms with E-state index in [0.717, 1.165) is 43.3 Å². The zero-order chi connectivity index (χ0) is 17.9. The molecule has 26 heavy (non-hydrogen) atoms. The zero-order valence-corrected chi connectivity index (χ0v) is 14.7. The van der Waals surface area contributed by atoms with Gasteiger partial charge in [-0.15, -0.1) is 0 Å². The molecule has 4 rings (SSSR count). The average Bonchev–Trinajstić information content (AvgIpc) is 3.14. The van der Waals surface area contributed by atoms with Gasteiger partial charge in [0.1, 0.15) is 11.6 Å². The Morgan fingerprint density at radius 1 is 1.08 bits per heavy atom. The predicted molar refractivity (Wildman–Crippen MR) is 98.2 cm³/mol. The van der Waals surface area contributed by atoms with Gasteiger partial charge in [-0.2, -0.15) is 0 Å². The molecule has 6 nitrogen and oxygen atoms in total. The van der Waals surface area contributed by atoms with E-state index >= 15 is 0 Å². The maximum absolute atomic E-state index is 12.6. The van der Waals surface area contributed by atoms with Crippen molar-refractivity contribution in [2.24, 2.45) is 0 Å². The van der Waals surface area contributed by atoms with E-state index < -0.39 is 0 Å². The van der Waals surface area contributed by atoms with Crippen LogP contribution >= 0.6 is 0 Å². The molecule has 3 aromatic rings. The summed E-state index contributed by atoms with van der Waals surface area (Å²) in [4.78, 5) is 27.6. The quantitative estimate of drug-likeness (QED) is 0.731. The summed E-state index contributed by atoms with van der Waals surface area (Å²) < 4.78 is 1.99. The Balaban J connectivity index is 1.45. The first-order valence-electron chi connectivity index (χ1n) is 8.89. The fourth-order valence-corrected chi connectivity index (χ4v) is 3.48. The fourth-order valence-electron chi connectivity index (χ4n) is 3.48. The minimum atomic E-state index is 0.0848. The van der Waals surface area contributed by atoms with Gasteiger partial charge >= 0.3 is 0 Å². The highest BCUT2D eigenvalue weighted by molar-refractivity contribution is 5.94. The Morgan fingerprint density at radius 3 is 2.54 bits per heavy atom. The van der Waals surface area contributed by atoms with Crippen LogP contribution in [0.2, 0.25) is 0 Å². The molecule has 0 N–H and O–H groups in total. The lowest BCUT2D eigenvalue weighted by atomic mass is 9.92.